The number of hydrogen-bond donors (Lipinski definition) is 1. The van der Waals surface area contributed by atoms with Crippen molar-refractivity contribution in [3.8, 4) is 11.5 Å². The van der Waals surface area contributed by atoms with Gasteiger partial charge in [-0.15, -0.1) is 0 Å². The van der Waals surface area contributed by atoms with E-state index in [-0.39, 0.29) is 0 Å². The molecule has 4 nitrogen and oxygen atoms in total. The molecule has 4 rings (SSSR count). The van der Waals surface area contributed by atoms with Crippen molar-refractivity contribution in [2.75, 3.05) is 44.2 Å². The van der Waals surface area contributed by atoms with E-state index in [9.17, 15) is 13.2 Å². The molecule has 144 valence electrons. The van der Waals surface area contributed by atoms with E-state index in [0.717, 1.165) is 50.9 Å². The first-order valence-corrected chi connectivity index (χ1v) is 9.21. The van der Waals surface area contributed by atoms with Gasteiger partial charge in [0.05, 0.1) is 16.9 Å². The average Bonchev–Trinajstić information content (AvgIpc) is 2.67. The van der Waals surface area contributed by atoms with Gasteiger partial charge in [-0.3, -0.25) is 0 Å². The van der Waals surface area contributed by atoms with E-state index in [2.05, 4.69) is 10.2 Å². The van der Waals surface area contributed by atoms with Crippen LogP contribution in [0.15, 0.2) is 42.5 Å². The van der Waals surface area contributed by atoms with Crippen molar-refractivity contribution in [1.82, 2.24) is 10.2 Å². The molecular weight excluding hydrogens is 355 g/mol. The van der Waals surface area contributed by atoms with Gasteiger partial charge in [0, 0.05) is 32.7 Å². The Balaban J connectivity index is 1.59. The molecule has 1 fully saturated rings. The minimum Gasteiger partial charge on any atom is -0.453 e. The maximum absolute atomic E-state index is 13.2. The Hall–Kier alpha value is -2.25. The smallest absolute Gasteiger partial charge is 0.416 e. The fraction of sp³-hybridized carbons (Fsp3) is 0.400. The topological polar surface area (TPSA) is 27.7 Å². The van der Waals surface area contributed by atoms with Crippen molar-refractivity contribution in [2.24, 2.45) is 0 Å². The van der Waals surface area contributed by atoms with E-state index < -0.39 is 11.7 Å². The molecule has 2 aromatic carbocycles. The van der Waals surface area contributed by atoms with Crippen molar-refractivity contribution in [3.05, 3.63) is 48.0 Å². The Morgan fingerprint density at radius 2 is 1.67 bits per heavy atom. The van der Waals surface area contributed by atoms with Crippen molar-refractivity contribution < 1.29 is 17.9 Å². The molecule has 0 aliphatic carbocycles. The zero-order valence-corrected chi connectivity index (χ0v) is 14.9. The molecule has 1 saturated heterocycles. The van der Waals surface area contributed by atoms with Crippen molar-refractivity contribution >= 4 is 11.4 Å². The summed E-state index contributed by atoms with van der Waals surface area (Å²) < 4.78 is 45.5. The third-order valence-corrected chi connectivity index (χ3v) is 5.02. The zero-order valence-electron chi connectivity index (χ0n) is 14.9. The molecule has 2 aliphatic heterocycles. The number of nitrogens with one attached hydrogen (secondary N) is 1. The van der Waals surface area contributed by atoms with Crippen LogP contribution in [0.4, 0.5) is 24.5 Å². The number of benzene rings is 2. The second kappa shape index (κ2) is 7.40. The minimum atomic E-state index is -4.38. The second-order valence-electron chi connectivity index (χ2n) is 6.85. The van der Waals surface area contributed by atoms with Crippen molar-refractivity contribution in [2.45, 2.75) is 12.6 Å². The summed E-state index contributed by atoms with van der Waals surface area (Å²) in [5.41, 5.74) is 0.629. The molecule has 0 amide bonds. The van der Waals surface area contributed by atoms with Crippen molar-refractivity contribution in [3.63, 3.8) is 0 Å². The molecule has 7 heteroatoms. The highest BCUT2D eigenvalue weighted by atomic mass is 19.4. The summed E-state index contributed by atoms with van der Waals surface area (Å²) in [5, 5.41) is 3.33. The SMILES string of the molecule is FC(F)(F)c1ccc2c(c1)N(CCCN1CCNCC1)c1ccccc1O2. The number of rotatable bonds is 4. The molecule has 0 atom stereocenters. The molecule has 2 heterocycles. The van der Waals surface area contributed by atoms with Crippen molar-refractivity contribution in [1.29, 1.82) is 0 Å². The van der Waals surface area contributed by atoms with Crippen LogP contribution in [-0.4, -0.2) is 44.2 Å². The monoisotopic (exact) mass is 377 g/mol. The van der Waals surface area contributed by atoms with Gasteiger partial charge >= 0.3 is 6.18 Å². The summed E-state index contributed by atoms with van der Waals surface area (Å²) >= 11 is 0. The van der Waals surface area contributed by atoms with Crippen LogP contribution >= 0.6 is 0 Å². The molecule has 0 bridgehead atoms. The summed E-state index contributed by atoms with van der Waals surface area (Å²) in [6.07, 6.45) is -3.51. The van der Waals surface area contributed by atoms with Gasteiger partial charge in [-0.25, -0.2) is 0 Å². The van der Waals surface area contributed by atoms with E-state index >= 15 is 0 Å². The summed E-state index contributed by atoms with van der Waals surface area (Å²) in [7, 11) is 0. The van der Waals surface area contributed by atoms with Crippen LogP contribution in [0.2, 0.25) is 0 Å². The fourth-order valence-electron chi connectivity index (χ4n) is 3.63. The number of alkyl halides is 3. The normalized spacial score (nSPS) is 17.2. The van der Waals surface area contributed by atoms with E-state index in [1.165, 1.54) is 12.1 Å². The lowest BCUT2D eigenvalue weighted by atomic mass is 10.1. The lowest BCUT2D eigenvalue weighted by Crippen LogP contribution is -2.44. The van der Waals surface area contributed by atoms with Crippen LogP contribution in [0.1, 0.15) is 12.0 Å². The first-order chi connectivity index (χ1) is 13.0. The summed E-state index contributed by atoms with van der Waals surface area (Å²) in [6.45, 7) is 5.55. The van der Waals surface area contributed by atoms with Crippen LogP contribution in [0, 0.1) is 0 Å². The number of anilines is 2. The van der Waals surface area contributed by atoms with Gasteiger partial charge in [-0.1, -0.05) is 12.1 Å². The molecular formula is C20H22F3N3O. The number of nitrogens with zero attached hydrogens (tertiary/aromatic N) is 2. The van der Waals surface area contributed by atoms with Crippen LogP contribution < -0.4 is 15.0 Å². The van der Waals surface area contributed by atoms with E-state index in [4.69, 9.17) is 4.74 Å². The number of ether oxygens (including phenoxy) is 1. The Kier molecular flexibility index (Phi) is 4.97. The predicted molar refractivity (Wildman–Crippen MR) is 98.9 cm³/mol. The summed E-state index contributed by atoms with van der Waals surface area (Å²) in [5.74, 6) is 1.14. The number of halogens is 3. The highest BCUT2D eigenvalue weighted by molar-refractivity contribution is 5.78. The molecule has 0 unspecified atom stereocenters. The molecule has 0 aromatic heterocycles. The standard InChI is InChI=1S/C20H22F3N3O/c21-20(22,23)15-6-7-19-17(14-15)26(16-4-1-2-5-18(16)27-19)11-3-10-25-12-8-24-9-13-25/h1-2,4-7,14,24H,3,8-13H2. The molecule has 2 aromatic rings. The van der Waals surface area contributed by atoms with Crippen LogP contribution in [0.3, 0.4) is 0 Å². The minimum absolute atomic E-state index is 0.462. The molecule has 27 heavy (non-hydrogen) atoms. The largest absolute Gasteiger partial charge is 0.453 e. The molecule has 0 spiro atoms. The van der Waals surface area contributed by atoms with Gasteiger partial charge in [0.1, 0.15) is 0 Å². The highest BCUT2D eigenvalue weighted by Crippen LogP contribution is 2.48. The Labute approximate surface area is 156 Å². The highest BCUT2D eigenvalue weighted by Gasteiger charge is 2.33. The molecule has 1 N–H and O–H groups in total. The number of para-hydroxylation sites is 2. The lowest BCUT2D eigenvalue weighted by Gasteiger charge is -2.34. The number of hydrogen-bond acceptors (Lipinski definition) is 4. The third-order valence-electron chi connectivity index (χ3n) is 5.02. The van der Waals surface area contributed by atoms with E-state index in [1.807, 2.05) is 29.2 Å². The van der Waals surface area contributed by atoms with Crippen LogP contribution in [0.25, 0.3) is 0 Å². The van der Waals surface area contributed by atoms with Crippen LogP contribution in [-0.2, 0) is 6.18 Å². The van der Waals surface area contributed by atoms with Gasteiger partial charge in [0.2, 0.25) is 0 Å². The Morgan fingerprint density at radius 1 is 0.926 bits per heavy atom. The molecule has 0 radical (unpaired) electrons. The van der Waals surface area contributed by atoms with E-state index in [1.54, 1.807) is 0 Å². The zero-order chi connectivity index (χ0) is 18.9. The van der Waals surface area contributed by atoms with Crippen LogP contribution in [0.5, 0.6) is 11.5 Å². The first-order valence-electron chi connectivity index (χ1n) is 9.21. The quantitative estimate of drug-likeness (QED) is 0.862. The van der Waals surface area contributed by atoms with Gasteiger partial charge in [0.25, 0.3) is 0 Å². The predicted octanol–water partition coefficient (Wildman–Crippen LogP) is 4.24. The van der Waals surface area contributed by atoms with Gasteiger partial charge in [-0.05, 0) is 43.3 Å². The molecule has 2 aliphatic rings. The summed E-state index contributed by atoms with van der Waals surface area (Å²) in [4.78, 5) is 4.33. The molecule has 0 saturated carbocycles. The lowest BCUT2D eigenvalue weighted by molar-refractivity contribution is -0.137. The summed E-state index contributed by atoms with van der Waals surface area (Å²) in [6, 6.07) is 11.2. The van der Waals surface area contributed by atoms with Gasteiger partial charge in [0.15, 0.2) is 11.5 Å². The maximum atomic E-state index is 13.2. The van der Waals surface area contributed by atoms with Gasteiger partial charge < -0.3 is 19.9 Å². The second-order valence-corrected chi connectivity index (χ2v) is 6.85. The first kappa shape index (κ1) is 18.1. The van der Waals surface area contributed by atoms with Gasteiger partial charge in [-0.2, -0.15) is 13.2 Å². The third kappa shape index (κ3) is 3.89. The average molecular weight is 377 g/mol. The van der Waals surface area contributed by atoms with E-state index in [0.29, 0.717) is 23.7 Å². The fourth-order valence-corrected chi connectivity index (χ4v) is 3.63. The Morgan fingerprint density at radius 3 is 2.44 bits per heavy atom. The number of piperazine rings is 1. The number of fused-ring (bicyclic) bond motifs is 2. The Bertz CT molecular complexity index is 803. The maximum Gasteiger partial charge on any atom is 0.416 e.